The lowest BCUT2D eigenvalue weighted by Gasteiger charge is -2.40. The van der Waals surface area contributed by atoms with Crippen molar-refractivity contribution in [3.05, 3.63) is 59.7 Å². The van der Waals surface area contributed by atoms with Crippen molar-refractivity contribution in [1.82, 2.24) is 10.6 Å². The zero-order valence-electron chi connectivity index (χ0n) is 24.0. The van der Waals surface area contributed by atoms with E-state index < -0.39 is 61.1 Å². The van der Waals surface area contributed by atoms with Gasteiger partial charge in [0.15, 0.2) is 6.29 Å². The number of aliphatic hydroxyl groups excluding tert-OH is 4. The topological polar surface area (TPSA) is 201 Å². The minimum Gasteiger partial charge on any atom is -0.497 e. The van der Waals surface area contributed by atoms with Crippen LogP contribution in [0.1, 0.15) is 37.3 Å². The van der Waals surface area contributed by atoms with Crippen LogP contribution < -0.4 is 20.1 Å². The Balaban J connectivity index is 1.70. The summed E-state index contributed by atoms with van der Waals surface area (Å²) in [7, 11) is 1.55. The summed E-state index contributed by atoms with van der Waals surface area (Å²) in [4.78, 5) is 49.3. The van der Waals surface area contributed by atoms with Crippen molar-refractivity contribution in [2.45, 2.75) is 75.7 Å². The van der Waals surface area contributed by atoms with E-state index in [0.717, 1.165) is 5.56 Å². The largest absolute Gasteiger partial charge is 0.497 e. The van der Waals surface area contributed by atoms with Crippen molar-refractivity contribution < 1.29 is 53.8 Å². The maximum Gasteiger partial charge on any atom is 0.311 e. The molecule has 1 fully saturated rings. The van der Waals surface area contributed by atoms with Crippen molar-refractivity contribution in [2.75, 3.05) is 13.7 Å². The highest BCUT2D eigenvalue weighted by Crippen LogP contribution is 2.21. The van der Waals surface area contributed by atoms with Gasteiger partial charge in [0.05, 0.1) is 20.1 Å². The molecule has 0 aromatic heterocycles. The second-order valence-electron chi connectivity index (χ2n) is 10.3. The molecular weight excluding hydrogens is 564 g/mol. The lowest BCUT2D eigenvalue weighted by atomic mass is 9.96. The Bertz CT molecular complexity index is 1240. The molecule has 1 saturated heterocycles. The number of amides is 2. The molecule has 3 rings (SSSR count). The predicted molar refractivity (Wildman–Crippen MR) is 151 cm³/mol. The Morgan fingerprint density at radius 3 is 2.12 bits per heavy atom. The highest BCUT2D eigenvalue weighted by molar-refractivity contribution is 5.88. The normalized spacial score (nSPS) is 22.2. The smallest absolute Gasteiger partial charge is 0.311 e. The maximum absolute atomic E-state index is 13.3. The van der Waals surface area contributed by atoms with Gasteiger partial charge in [-0.05, 0) is 48.7 Å². The fourth-order valence-electron chi connectivity index (χ4n) is 4.43. The molecule has 2 aromatic carbocycles. The number of aryl methyl sites for hydroxylation is 1. The second-order valence-corrected chi connectivity index (χ2v) is 10.3. The number of carbonyl (C=O) groups is 4. The molecule has 6 unspecified atom stereocenters. The molecule has 13 nitrogen and oxygen atoms in total. The monoisotopic (exact) mass is 602 g/mol. The zero-order chi connectivity index (χ0) is 31.5. The predicted octanol–water partition coefficient (Wildman–Crippen LogP) is -0.454. The number of Topliss-reactive ketones (excluding diaryl/α,β-unsaturated/α-hetero) is 1. The summed E-state index contributed by atoms with van der Waals surface area (Å²) in [5, 5.41) is 45.4. The zero-order valence-corrected chi connectivity index (χ0v) is 24.0. The van der Waals surface area contributed by atoms with Crippen LogP contribution in [-0.2, 0) is 36.8 Å². The van der Waals surface area contributed by atoms with Gasteiger partial charge >= 0.3 is 5.97 Å². The molecule has 0 spiro atoms. The van der Waals surface area contributed by atoms with E-state index in [-0.39, 0.29) is 37.2 Å². The number of nitrogens with one attached hydrogen (secondary N) is 2. The third-order valence-corrected chi connectivity index (χ3v) is 6.94. The highest BCUT2D eigenvalue weighted by Gasteiger charge is 2.44. The summed E-state index contributed by atoms with van der Waals surface area (Å²) >= 11 is 0. The van der Waals surface area contributed by atoms with Crippen LogP contribution in [0, 0.1) is 0 Å². The van der Waals surface area contributed by atoms with E-state index in [0.29, 0.717) is 17.7 Å². The summed E-state index contributed by atoms with van der Waals surface area (Å²) in [5.41, 5.74) is 1.46. The lowest BCUT2D eigenvalue weighted by Crippen LogP contribution is -2.65. The average Bonchev–Trinajstić information content (AvgIpc) is 2.99. The molecule has 1 aliphatic rings. The summed E-state index contributed by atoms with van der Waals surface area (Å²) in [6.45, 7) is 0.716. The first-order valence-corrected chi connectivity index (χ1v) is 13.8. The Labute approximate surface area is 248 Å². The number of methoxy groups -OCH3 is 1. The Hall–Kier alpha value is -3.88. The lowest BCUT2D eigenvalue weighted by molar-refractivity contribution is -0.254. The molecular formula is C30H38N2O11. The number of benzene rings is 2. The third kappa shape index (κ3) is 10.1. The summed E-state index contributed by atoms with van der Waals surface area (Å²) in [6, 6.07) is 10.8. The van der Waals surface area contributed by atoms with Gasteiger partial charge in [-0.3, -0.25) is 14.4 Å². The van der Waals surface area contributed by atoms with E-state index in [2.05, 4.69) is 10.6 Å². The number of aliphatic hydroxyl groups is 4. The van der Waals surface area contributed by atoms with E-state index in [1.54, 1.807) is 31.4 Å². The quantitative estimate of drug-likeness (QED) is 0.121. The fraction of sp³-hybridized carbons (Fsp3) is 0.467. The molecule has 6 atom stereocenters. The number of ether oxygens (including phenoxy) is 3. The number of hydrogen-bond acceptors (Lipinski definition) is 11. The molecule has 1 heterocycles. The fourth-order valence-corrected chi connectivity index (χ4v) is 4.43. The van der Waals surface area contributed by atoms with Crippen LogP contribution in [-0.4, -0.2) is 94.4 Å². The van der Waals surface area contributed by atoms with Crippen LogP contribution in [0.4, 0.5) is 0 Å². The number of hydrogen-bond donors (Lipinski definition) is 6. The Morgan fingerprint density at radius 2 is 1.51 bits per heavy atom. The van der Waals surface area contributed by atoms with Crippen molar-refractivity contribution in [3.8, 4) is 11.5 Å². The van der Waals surface area contributed by atoms with E-state index in [4.69, 9.17) is 14.2 Å². The molecule has 13 heteroatoms. The van der Waals surface area contributed by atoms with Crippen LogP contribution in [0.15, 0.2) is 48.5 Å². The third-order valence-electron chi connectivity index (χ3n) is 6.94. The maximum atomic E-state index is 13.3. The molecule has 1 aliphatic heterocycles. The van der Waals surface area contributed by atoms with Crippen LogP contribution in [0.3, 0.4) is 0 Å². The van der Waals surface area contributed by atoms with Crippen molar-refractivity contribution in [1.29, 1.82) is 0 Å². The molecule has 0 bridgehead atoms. The van der Waals surface area contributed by atoms with Gasteiger partial charge in [0.25, 0.3) is 0 Å². The Morgan fingerprint density at radius 1 is 0.884 bits per heavy atom. The molecule has 2 amide bonds. The van der Waals surface area contributed by atoms with Crippen LogP contribution in [0.2, 0.25) is 0 Å². The van der Waals surface area contributed by atoms with Gasteiger partial charge in [0, 0.05) is 19.3 Å². The van der Waals surface area contributed by atoms with Gasteiger partial charge in [0.2, 0.25) is 11.8 Å². The first-order valence-electron chi connectivity index (χ1n) is 13.8. The molecule has 234 valence electrons. The van der Waals surface area contributed by atoms with Gasteiger partial charge < -0.3 is 50.1 Å². The van der Waals surface area contributed by atoms with Gasteiger partial charge in [-0.2, -0.15) is 0 Å². The SMILES string of the molecule is COc1ccc(CCC(=O)NC(Cc2ccc(OC(=O)CCC(C)=O)cc2)C(=O)NC2C(O)OC(CO)C(O)C2O)cc1. The number of ketones is 1. The van der Waals surface area contributed by atoms with Crippen LogP contribution in [0.5, 0.6) is 11.5 Å². The minimum atomic E-state index is -1.73. The minimum absolute atomic E-state index is 0.0136. The van der Waals surface area contributed by atoms with Gasteiger partial charge in [0.1, 0.15) is 47.7 Å². The first kappa shape index (κ1) is 33.6. The molecule has 6 N–H and O–H groups in total. The molecule has 2 aromatic rings. The molecule has 0 aliphatic carbocycles. The van der Waals surface area contributed by atoms with Crippen LogP contribution in [0.25, 0.3) is 0 Å². The van der Waals surface area contributed by atoms with E-state index in [1.807, 2.05) is 12.1 Å². The standard InChI is InChI=1S/C30H38N2O11/c1-17(34)3-14-25(36)42-21-11-6-19(7-12-21)15-22(31-24(35)13-8-18-4-9-20(41-2)10-5-18)29(39)32-26-28(38)27(37)23(16-33)43-30(26)40/h4-7,9-12,22-23,26-28,30,33,37-38,40H,3,8,13-16H2,1-2H3,(H,31,35)(H,32,39). The van der Waals surface area contributed by atoms with E-state index >= 15 is 0 Å². The van der Waals surface area contributed by atoms with Crippen molar-refractivity contribution in [3.63, 3.8) is 0 Å². The van der Waals surface area contributed by atoms with E-state index in [9.17, 15) is 39.6 Å². The summed E-state index contributed by atoms with van der Waals surface area (Å²) in [5.74, 6) is -0.993. The van der Waals surface area contributed by atoms with E-state index in [1.165, 1.54) is 19.1 Å². The van der Waals surface area contributed by atoms with Gasteiger partial charge in [-0.25, -0.2) is 0 Å². The number of carbonyl (C=O) groups excluding carboxylic acids is 4. The Kier molecular flexibility index (Phi) is 12.6. The van der Waals surface area contributed by atoms with Gasteiger partial charge in [-0.1, -0.05) is 24.3 Å². The summed E-state index contributed by atoms with van der Waals surface area (Å²) < 4.78 is 15.5. The van der Waals surface area contributed by atoms with Gasteiger partial charge in [-0.15, -0.1) is 0 Å². The molecule has 0 radical (unpaired) electrons. The van der Waals surface area contributed by atoms with Crippen molar-refractivity contribution in [2.24, 2.45) is 0 Å². The highest BCUT2D eigenvalue weighted by atomic mass is 16.6. The van der Waals surface area contributed by atoms with Crippen LogP contribution >= 0.6 is 0 Å². The first-order chi connectivity index (χ1) is 20.5. The molecule has 43 heavy (non-hydrogen) atoms. The van der Waals surface area contributed by atoms with Crippen molar-refractivity contribution >= 4 is 23.6 Å². The summed E-state index contributed by atoms with van der Waals surface area (Å²) in [6.07, 6.45) is -5.78. The molecule has 0 saturated carbocycles. The average molecular weight is 603 g/mol. The number of esters is 1. The second kappa shape index (κ2) is 16.1. The number of rotatable bonds is 14.